The van der Waals surface area contributed by atoms with E-state index in [4.69, 9.17) is 17.3 Å². The van der Waals surface area contributed by atoms with Crippen molar-refractivity contribution in [2.24, 2.45) is 0 Å². The average molecular weight is 251 g/mol. The lowest BCUT2D eigenvalue weighted by Gasteiger charge is -2.09. The van der Waals surface area contributed by atoms with Gasteiger partial charge in [0.05, 0.1) is 11.4 Å². The van der Waals surface area contributed by atoms with Crippen molar-refractivity contribution in [1.29, 1.82) is 0 Å². The third-order valence-electron chi connectivity index (χ3n) is 2.45. The molecule has 0 aliphatic carbocycles. The normalized spacial score (nSPS) is 10.4. The van der Waals surface area contributed by atoms with Gasteiger partial charge in [0.1, 0.15) is 0 Å². The van der Waals surface area contributed by atoms with Crippen molar-refractivity contribution in [3.63, 3.8) is 0 Å². The summed E-state index contributed by atoms with van der Waals surface area (Å²) in [5.41, 5.74) is 7.44. The Morgan fingerprint density at radius 2 is 2.29 bits per heavy atom. The fraction of sp³-hybridized carbons (Fsp3) is 0.250. The van der Waals surface area contributed by atoms with Crippen molar-refractivity contribution < 1.29 is 0 Å². The number of nitrogens with two attached hydrogens (primary N) is 1. The van der Waals surface area contributed by atoms with Crippen molar-refractivity contribution >= 4 is 23.0 Å². The quantitative estimate of drug-likeness (QED) is 0.634. The average Bonchev–Trinajstić information content (AvgIpc) is 2.79. The Labute approximate surface area is 105 Å². The predicted molar refractivity (Wildman–Crippen MR) is 71.2 cm³/mol. The number of hydrogen-bond donors (Lipinski definition) is 2. The van der Waals surface area contributed by atoms with Crippen molar-refractivity contribution in [2.75, 3.05) is 17.6 Å². The lowest BCUT2D eigenvalue weighted by atomic mass is 10.2. The maximum atomic E-state index is 5.83. The van der Waals surface area contributed by atoms with Crippen LogP contribution in [-0.4, -0.2) is 16.3 Å². The fourth-order valence-electron chi connectivity index (χ4n) is 1.59. The van der Waals surface area contributed by atoms with Crippen molar-refractivity contribution in [3.05, 3.63) is 41.7 Å². The van der Waals surface area contributed by atoms with Crippen LogP contribution in [0.1, 0.15) is 6.42 Å². The topological polar surface area (TPSA) is 55.9 Å². The maximum Gasteiger partial charge on any atom is 0.0574 e. The first kappa shape index (κ1) is 11.8. The zero-order valence-electron chi connectivity index (χ0n) is 9.44. The van der Waals surface area contributed by atoms with E-state index >= 15 is 0 Å². The van der Waals surface area contributed by atoms with Gasteiger partial charge in [-0.25, -0.2) is 0 Å². The summed E-state index contributed by atoms with van der Waals surface area (Å²) in [6.07, 6.45) is 4.73. The number of rotatable bonds is 5. The number of halogens is 1. The second-order valence-corrected chi connectivity index (χ2v) is 4.22. The number of nitrogens with zero attached hydrogens (tertiary/aromatic N) is 2. The van der Waals surface area contributed by atoms with Crippen LogP contribution in [0.4, 0.5) is 11.4 Å². The van der Waals surface area contributed by atoms with Crippen molar-refractivity contribution in [3.8, 4) is 0 Å². The van der Waals surface area contributed by atoms with Gasteiger partial charge in [-0.2, -0.15) is 5.10 Å². The Bertz CT molecular complexity index is 467. The number of nitrogens with one attached hydrogen (secondary N) is 1. The molecule has 0 bridgehead atoms. The number of nitrogen functional groups attached to an aromatic ring is 1. The van der Waals surface area contributed by atoms with Gasteiger partial charge >= 0.3 is 0 Å². The summed E-state index contributed by atoms with van der Waals surface area (Å²) in [5, 5.41) is 8.07. The highest BCUT2D eigenvalue weighted by atomic mass is 35.5. The molecule has 4 nitrogen and oxygen atoms in total. The smallest absolute Gasteiger partial charge is 0.0574 e. The first-order chi connectivity index (χ1) is 8.25. The van der Waals surface area contributed by atoms with Crippen molar-refractivity contribution in [2.45, 2.75) is 13.0 Å². The third-order valence-corrected chi connectivity index (χ3v) is 2.69. The fourth-order valence-corrected chi connectivity index (χ4v) is 1.77. The summed E-state index contributed by atoms with van der Waals surface area (Å²) in [7, 11) is 0. The molecule has 17 heavy (non-hydrogen) atoms. The summed E-state index contributed by atoms with van der Waals surface area (Å²) >= 11 is 5.83. The van der Waals surface area contributed by atoms with Crippen LogP contribution in [0.15, 0.2) is 36.7 Å². The molecule has 90 valence electrons. The number of hydrogen-bond acceptors (Lipinski definition) is 3. The van der Waals surface area contributed by atoms with Gasteiger partial charge < -0.3 is 11.1 Å². The van der Waals surface area contributed by atoms with Gasteiger partial charge in [-0.3, -0.25) is 4.68 Å². The van der Waals surface area contributed by atoms with E-state index < -0.39 is 0 Å². The van der Waals surface area contributed by atoms with E-state index in [9.17, 15) is 0 Å². The molecule has 2 rings (SSSR count). The third kappa shape index (κ3) is 3.39. The zero-order chi connectivity index (χ0) is 12.1. The summed E-state index contributed by atoms with van der Waals surface area (Å²) in [6.45, 7) is 1.75. The van der Waals surface area contributed by atoms with Gasteiger partial charge in [0.25, 0.3) is 0 Å². The molecule has 5 heteroatoms. The molecule has 3 N–H and O–H groups in total. The molecule has 0 saturated heterocycles. The van der Waals surface area contributed by atoms with Crippen LogP contribution in [0.2, 0.25) is 5.02 Å². The van der Waals surface area contributed by atoms with E-state index in [1.165, 1.54) is 0 Å². The minimum absolute atomic E-state index is 0.657. The van der Waals surface area contributed by atoms with E-state index in [1.54, 1.807) is 12.3 Å². The molecule has 0 aliphatic heterocycles. The maximum absolute atomic E-state index is 5.83. The molecule has 0 amide bonds. The highest BCUT2D eigenvalue weighted by molar-refractivity contribution is 6.31. The minimum Gasteiger partial charge on any atom is -0.397 e. The van der Waals surface area contributed by atoms with Crippen LogP contribution in [0.5, 0.6) is 0 Å². The Balaban J connectivity index is 1.78. The van der Waals surface area contributed by atoms with E-state index in [1.807, 2.05) is 29.1 Å². The highest BCUT2D eigenvalue weighted by Gasteiger charge is 1.99. The molecule has 1 aromatic carbocycles. The van der Waals surface area contributed by atoms with Crippen LogP contribution >= 0.6 is 11.6 Å². The minimum atomic E-state index is 0.657. The van der Waals surface area contributed by atoms with Crippen molar-refractivity contribution in [1.82, 2.24) is 9.78 Å². The Morgan fingerprint density at radius 3 is 3.00 bits per heavy atom. The monoisotopic (exact) mass is 250 g/mol. The van der Waals surface area contributed by atoms with E-state index in [0.29, 0.717) is 10.7 Å². The number of benzene rings is 1. The van der Waals surface area contributed by atoms with E-state index in [2.05, 4.69) is 10.4 Å². The molecule has 1 heterocycles. The van der Waals surface area contributed by atoms with E-state index in [-0.39, 0.29) is 0 Å². The summed E-state index contributed by atoms with van der Waals surface area (Å²) in [5.74, 6) is 0. The molecule has 0 unspecified atom stereocenters. The number of aromatic nitrogens is 2. The molecular weight excluding hydrogens is 236 g/mol. The zero-order valence-corrected chi connectivity index (χ0v) is 10.2. The standard InChI is InChI=1S/C12H15ClN4/c13-10-3-4-12(11(14)9-10)15-5-1-7-17-8-2-6-16-17/h2-4,6,8-9,15H,1,5,7,14H2. The first-order valence-corrected chi connectivity index (χ1v) is 5.90. The summed E-state index contributed by atoms with van der Waals surface area (Å²) in [4.78, 5) is 0. The molecule has 0 saturated carbocycles. The van der Waals surface area contributed by atoms with Crippen LogP contribution in [-0.2, 0) is 6.54 Å². The summed E-state index contributed by atoms with van der Waals surface area (Å²) in [6, 6.07) is 7.39. The largest absolute Gasteiger partial charge is 0.397 e. The lowest BCUT2D eigenvalue weighted by Crippen LogP contribution is -2.08. The second kappa shape index (κ2) is 5.59. The summed E-state index contributed by atoms with van der Waals surface area (Å²) < 4.78 is 1.91. The van der Waals surface area contributed by atoms with Gasteiger partial charge in [0.2, 0.25) is 0 Å². The molecule has 0 spiro atoms. The van der Waals surface area contributed by atoms with Gasteiger partial charge in [-0.15, -0.1) is 0 Å². The molecule has 2 aromatic rings. The second-order valence-electron chi connectivity index (χ2n) is 3.78. The van der Waals surface area contributed by atoms with Crippen LogP contribution in [0.25, 0.3) is 0 Å². The SMILES string of the molecule is Nc1cc(Cl)ccc1NCCCn1cccn1. The van der Waals surface area contributed by atoms with Gasteiger partial charge in [0, 0.05) is 30.5 Å². The molecule has 0 atom stereocenters. The Kier molecular flexibility index (Phi) is 3.88. The molecule has 0 fully saturated rings. The molecular formula is C12H15ClN4. The number of anilines is 2. The molecule has 0 radical (unpaired) electrons. The lowest BCUT2D eigenvalue weighted by molar-refractivity contribution is 0.592. The Morgan fingerprint density at radius 1 is 1.41 bits per heavy atom. The van der Waals surface area contributed by atoms with Gasteiger partial charge in [-0.1, -0.05) is 11.6 Å². The number of aryl methyl sites for hydroxylation is 1. The van der Waals surface area contributed by atoms with Crippen LogP contribution < -0.4 is 11.1 Å². The Hall–Kier alpha value is -1.68. The van der Waals surface area contributed by atoms with E-state index in [0.717, 1.165) is 25.2 Å². The van der Waals surface area contributed by atoms with Gasteiger partial charge in [0.15, 0.2) is 0 Å². The molecule has 1 aromatic heterocycles. The predicted octanol–water partition coefficient (Wildman–Crippen LogP) is 2.62. The van der Waals surface area contributed by atoms with Crippen LogP contribution in [0.3, 0.4) is 0 Å². The highest BCUT2D eigenvalue weighted by Crippen LogP contribution is 2.22. The molecule has 0 aliphatic rings. The van der Waals surface area contributed by atoms with Gasteiger partial charge in [-0.05, 0) is 30.7 Å². The van der Waals surface area contributed by atoms with Crippen LogP contribution in [0, 0.1) is 0 Å². The first-order valence-electron chi connectivity index (χ1n) is 5.52.